The standard InChI is InChI=1S/C16H20N2/c1-11-6-7-15(12(2)10-11)18-9-8-13-14(17)4-3-5-16(13)18/h6-10,14H,3-5,17H2,1-2H3. The van der Waals surface area contributed by atoms with Crippen molar-refractivity contribution in [1.82, 2.24) is 4.57 Å². The highest BCUT2D eigenvalue weighted by molar-refractivity contribution is 5.46. The third-order valence-corrected chi connectivity index (χ3v) is 3.97. The van der Waals surface area contributed by atoms with E-state index in [0.717, 1.165) is 12.8 Å². The van der Waals surface area contributed by atoms with Crippen LogP contribution in [0.2, 0.25) is 0 Å². The van der Waals surface area contributed by atoms with Crippen LogP contribution >= 0.6 is 0 Å². The van der Waals surface area contributed by atoms with Gasteiger partial charge in [-0.2, -0.15) is 0 Å². The van der Waals surface area contributed by atoms with Crippen LogP contribution in [0.25, 0.3) is 5.69 Å². The van der Waals surface area contributed by atoms with Crippen molar-refractivity contribution in [2.24, 2.45) is 5.73 Å². The number of aromatic nitrogens is 1. The number of rotatable bonds is 1. The minimum absolute atomic E-state index is 0.223. The second-order valence-electron chi connectivity index (χ2n) is 5.38. The molecule has 2 nitrogen and oxygen atoms in total. The molecule has 1 aromatic heterocycles. The molecule has 1 aliphatic carbocycles. The van der Waals surface area contributed by atoms with Gasteiger partial charge in [-0.3, -0.25) is 0 Å². The molecule has 1 unspecified atom stereocenters. The quantitative estimate of drug-likeness (QED) is 0.813. The van der Waals surface area contributed by atoms with Gasteiger partial charge in [0, 0.05) is 23.6 Å². The van der Waals surface area contributed by atoms with Crippen molar-refractivity contribution in [2.45, 2.75) is 39.2 Å². The summed E-state index contributed by atoms with van der Waals surface area (Å²) in [5.41, 5.74) is 12.9. The molecule has 0 bridgehead atoms. The van der Waals surface area contributed by atoms with Crippen molar-refractivity contribution < 1.29 is 0 Å². The molecular weight excluding hydrogens is 220 g/mol. The molecule has 1 atom stereocenters. The predicted octanol–water partition coefficient (Wildman–Crippen LogP) is 3.43. The van der Waals surface area contributed by atoms with Gasteiger partial charge in [0.05, 0.1) is 0 Å². The summed E-state index contributed by atoms with van der Waals surface area (Å²) in [6, 6.07) is 9.05. The molecule has 0 radical (unpaired) electrons. The summed E-state index contributed by atoms with van der Waals surface area (Å²) in [4.78, 5) is 0. The van der Waals surface area contributed by atoms with Crippen molar-refractivity contribution in [3.05, 3.63) is 52.8 Å². The van der Waals surface area contributed by atoms with Crippen molar-refractivity contribution in [3.8, 4) is 5.69 Å². The number of benzene rings is 1. The maximum atomic E-state index is 6.19. The topological polar surface area (TPSA) is 30.9 Å². The molecule has 0 fully saturated rings. The Kier molecular flexibility index (Phi) is 2.75. The molecule has 2 heteroatoms. The van der Waals surface area contributed by atoms with Gasteiger partial charge in [0.15, 0.2) is 0 Å². The summed E-state index contributed by atoms with van der Waals surface area (Å²) >= 11 is 0. The van der Waals surface area contributed by atoms with E-state index in [4.69, 9.17) is 5.73 Å². The van der Waals surface area contributed by atoms with Gasteiger partial charge in [-0.05, 0) is 56.4 Å². The first-order valence-electron chi connectivity index (χ1n) is 6.70. The van der Waals surface area contributed by atoms with Gasteiger partial charge in [0.1, 0.15) is 0 Å². The molecule has 3 rings (SSSR count). The lowest BCUT2D eigenvalue weighted by Gasteiger charge is -2.21. The van der Waals surface area contributed by atoms with E-state index < -0.39 is 0 Å². The van der Waals surface area contributed by atoms with Crippen LogP contribution in [0, 0.1) is 13.8 Å². The highest BCUT2D eigenvalue weighted by Crippen LogP contribution is 2.31. The first-order chi connectivity index (χ1) is 8.66. The molecule has 1 heterocycles. The molecule has 0 aliphatic heterocycles. The predicted molar refractivity (Wildman–Crippen MR) is 75.1 cm³/mol. The maximum absolute atomic E-state index is 6.19. The first kappa shape index (κ1) is 11.5. The fourth-order valence-corrected chi connectivity index (χ4v) is 3.03. The number of nitrogens with two attached hydrogens (primary N) is 1. The van der Waals surface area contributed by atoms with Crippen LogP contribution in [0.1, 0.15) is 41.3 Å². The summed E-state index contributed by atoms with van der Waals surface area (Å²) in [6.45, 7) is 4.31. The molecule has 0 saturated carbocycles. The van der Waals surface area contributed by atoms with Crippen molar-refractivity contribution in [1.29, 1.82) is 0 Å². The van der Waals surface area contributed by atoms with E-state index in [2.05, 4.69) is 48.9 Å². The fourth-order valence-electron chi connectivity index (χ4n) is 3.03. The van der Waals surface area contributed by atoms with Gasteiger partial charge in [-0.25, -0.2) is 0 Å². The zero-order valence-electron chi connectivity index (χ0n) is 11.1. The summed E-state index contributed by atoms with van der Waals surface area (Å²) in [5, 5.41) is 0. The van der Waals surface area contributed by atoms with Crippen LogP contribution in [0.4, 0.5) is 0 Å². The summed E-state index contributed by atoms with van der Waals surface area (Å²) in [6.07, 6.45) is 5.63. The smallest absolute Gasteiger partial charge is 0.0481 e. The number of aryl methyl sites for hydroxylation is 2. The Labute approximate surface area is 108 Å². The van der Waals surface area contributed by atoms with E-state index in [0.29, 0.717) is 0 Å². The van der Waals surface area contributed by atoms with Crippen LogP contribution in [0.15, 0.2) is 30.5 Å². The molecule has 2 N–H and O–H groups in total. The van der Waals surface area contributed by atoms with E-state index >= 15 is 0 Å². The zero-order chi connectivity index (χ0) is 12.7. The summed E-state index contributed by atoms with van der Waals surface area (Å²) in [5.74, 6) is 0. The van der Waals surface area contributed by atoms with Crippen molar-refractivity contribution >= 4 is 0 Å². The third-order valence-electron chi connectivity index (χ3n) is 3.97. The van der Waals surface area contributed by atoms with E-state index in [9.17, 15) is 0 Å². The Balaban J connectivity index is 2.12. The van der Waals surface area contributed by atoms with Gasteiger partial charge in [0.2, 0.25) is 0 Å². The van der Waals surface area contributed by atoms with E-state index in [-0.39, 0.29) is 6.04 Å². The molecule has 1 aromatic carbocycles. The van der Waals surface area contributed by atoms with Gasteiger partial charge < -0.3 is 10.3 Å². The van der Waals surface area contributed by atoms with E-state index in [1.54, 1.807) is 0 Å². The second kappa shape index (κ2) is 4.29. The van der Waals surface area contributed by atoms with Gasteiger partial charge >= 0.3 is 0 Å². The zero-order valence-corrected chi connectivity index (χ0v) is 11.1. The average molecular weight is 240 g/mol. The average Bonchev–Trinajstić information content (AvgIpc) is 2.74. The number of nitrogens with zero attached hydrogens (tertiary/aromatic N) is 1. The number of hydrogen-bond acceptors (Lipinski definition) is 1. The minimum Gasteiger partial charge on any atom is -0.324 e. The Hall–Kier alpha value is -1.54. The van der Waals surface area contributed by atoms with Crippen molar-refractivity contribution in [2.75, 3.05) is 0 Å². The molecule has 0 saturated heterocycles. The number of fused-ring (bicyclic) bond motifs is 1. The maximum Gasteiger partial charge on any atom is 0.0481 e. The Morgan fingerprint density at radius 1 is 1.22 bits per heavy atom. The minimum atomic E-state index is 0.223. The second-order valence-corrected chi connectivity index (χ2v) is 5.38. The molecular formula is C16H20N2. The largest absolute Gasteiger partial charge is 0.324 e. The molecule has 18 heavy (non-hydrogen) atoms. The lowest BCUT2D eigenvalue weighted by molar-refractivity contribution is 0.560. The lowest BCUT2D eigenvalue weighted by atomic mass is 9.93. The monoisotopic (exact) mass is 240 g/mol. The molecule has 2 aromatic rings. The first-order valence-corrected chi connectivity index (χ1v) is 6.70. The van der Waals surface area contributed by atoms with Crippen LogP contribution in [-0.4, -0.2) is 4.57 Å². The Morgan fingerprint density at radius 2 is 2.06 bits per heavy atom. The van der Waals surface area contributed by atoms with Crippen LogP contribution in [0.5, 0.6) is 0 Å². The third kappa shape index (κ3) is 1.77. The van der Waals surface area contributed by atoms with E-state index in [1.165, 1.54) is 34.5 Å². The SMILES string of the molecule is Cc1ccc(-n2ccc3c2CCCC3N)c(C)c1. The summed E-state index contributed by atoms with van der Waals surface area (Å²) in [7, 11) is 0. The van der Waals surface area contributed by atoms with Crippen LogP contribution in [0.3, 0.4) is 0 Å². The molecule has 94 valence electrons. The molecule has 0 amide bonds. The summed E-state index contributed by atoms with van der Waals surface area (Å²) < 4.78 is 2.32. The van der Waals surface area contributed by atoms with E-state index in [1.807, 2.05) is 0 Å². The fraction of sp³-hybridized carbons (Fsp3) is 0.375. The van der Waals surface area contributed by atoms with Crippen LogP contribution < -0.4 is 5.73 Å². The van der Waals surface area contributed by atoms with Crippen molar-refractivity contribution in [3.63, 3.8) is 0 Å². The Bertz CT molecular complexity index is 581. The highest BCUT2D eigenvalue weighted by atomic mass is 15.0. The Morgan fingerprint density at radius 3 is 2.83 bits per heavy atom. The number of hydrogen-bond donors (Lipinski definition) is 1. The normalized spacial score (nSPS) is 18.7. The van der Waals surface area contributed by atoms with Crippen LogP contribution in [-0.2, 0) is 6.42 Å². The molecule has 1 aliphatic rings. The van der Waals surface area contributed by atoms with Gasteiger partial charge in [0.25, 0.3) is 0 Å². The van der Waals surface area contributed by atoms with Gasteiger partial charge in [-0.1, -0.05) is 17.7 Å². The van der Waals surface area contributed by atoms with Gasteiger partial charge in [-0.15, -0.1) is 0 Å². The molecule has 0 spiro atoms. The highest BCUT2D eigenvalue weighted by Gasteiger charge is 2.20. The lowest BCUT2D eigenvalue weighted by Crippen LogP contribution is -2.18.